The van der Waals surface area contributed by atoms with Gasteiger partial charge in [-0.3, -0.25) is 29.6 Å². The monoisotopic (exact) mass is 784 g/mol. The third kappa shape index (κ3) is 8.48. The number of hydrogen-bond donors (Lipinski definition) is 4. The van der Waals surface area contributed by atoms with Crippen molar-refractivity contribution in [1.29, 1.82) is 5.26 Å². The van der Waals surface area contributed by atoms with Gasteiger partial charge in [0.25, 0.3) is 5.91 Å². The maximum atomic E-state index is 13.5. The molecule has 2 aromatic carbocycles. The molecule has 3 aliphatic heterocycles. The summed E-state index contributed by atoms with van der Waals surface area (Å²) in [6.45, 7) is 10.8. The predicted molar refractivity (Wildman–Crippen MR) is 223 cm³/mol. The van der Waals surface area contributed by atoms with Gasteiger partial charge in [0.05, 0.1) is 34.8 Å². The Labute approximate surface area is 338 Å². The van der Waals surface area contributed by atoms with E-state index in [1.54, 1.807) is 50.4 Å². The van der Waals surface area contributed by atoms with Crippen molar-refractivity contribution in [3.63, 3.8) is 0 Å². The lowest BCUT2D eigenvalue weighted by Gasteiger charge is -2.46. The summed E-state index contributed by atoms with van der Waals surface area (Å²) in [6, 6.07) is 19.6. The van der Waals surface area contributed by atoms with Crippen LogP contribution in [0, 0.1) is 17.2 Å². The maximum Gasteiger partial charge on any atom is 0.274 e. The van der Waals surface area contributed by atoms with Crippen LogP contribution in [0.2, 0.25) is 0 Å². The van der Waals surface area contributed by atoms with Gasteiger partial charge in [0.15, 0.2) is 0 Å². The van der Waals surface area contributed by atoms with E-state index in [9.17, 15) is 24.8 Å². The van der Waals surface area contributed by atoms with E-state index in [2.05, 4.69) is 48.6 Å². The van der Waals surface area contributed by atoms with Crippen molar-refractivity contribution in [1.82, 2.24) is 24.7 Å². The van der Waals surface area contributed by atoms with E-state index < -0.39 is 11.5 Å². The number of nitriles is 1. The molecule has 58 heavy (non-hydrogen) atoms. The number of aromatic nitrogens is 2. The predicted octanol–water partition coefficient (Wildman–Crippen LogP) is 4.27. The molecular formula is C44H52N10O4. The molecule has 302 valence electrons. The topological polar surface area (TPSA) is 185 Å². The number of aliphatic imine (C=N–C) groups is 1. The number of carbonyl (C=O) groups excluding carboxylic acids is 3. The first-order valence-electron chi connectivity index (χ1n) is 20.5. The number of nitrogen functional groups attached to an aromatic ring is 1. The van der Waals surface area contributed by atoms with Crippen molar-refractivity contribution < 1.29 is 19.5 Å². The molecule has 0 bridgehead atoms. The van der Waals surface area contributed by atoms with E-state index in [1.807, 2.05) is 12.1 Å². The van der Waals surface area contributed by atoms with E-state index in [-0.39, 0.29) is 23.8 Å². The van der Waals surface area contributed by atoms with Crippen molar-refractivity contribution >= 4 is 46.5 Å². The normalized spacial score (nSPS) is 22.5. The third-order valence-corrected chi connectivity index (χ3v) is 12.4. The fraction of sp³-hybridized carbons (Fsp3) is 0.455. The van der Waals surface area contributed by atoms with Crippen molar-refractivity contribution in [2.45, 2.75) is 76.0 Å². The van der Waals surface area contributed by atoms with Gasteiger partial charge in [-0.05, 0) is 94.0 Å². The molecule has 14 heteroatoms. The smallest absolute Gasteiger partial charge is 0.274 e. The average molecular weight is 785 g/mol. The number of piperazine rings is 1. The molecule has 4 fully saturated rings. The van der Waals surface area contributed by atoms with Crippen LogP contribution in [0.3, 0.4) is 0 Å². The molecule has 1 aliphatic carbocycles. The molecule has 3 saturated heterocycles. The summed E-state index contributed by atoms with van der Waals surface area (Å²) >= 11 is 0. The Kier molecular flexibility index (Phi) is 11.0. The van der Waals surface area contributed by atoms with Crippen LogP contribution in [0.15, 0.2) is 65.8 Å². The second kappa shape index (κ2) is 16.3. The second-order valence-corrected chi connectivity index (χ2v) is 16.9. The van der Waals surface area contributed by atoms with Crippen molar-refractivity contribution in [2.24, 2.45) is 10.9 Å². The van der Waals surface area contributed by atoms with E-state index in [4.69, 9.17) is 10.7 Å². The zero-order chi connectivity index (χ0) is 40.6. The number of rotatable bonds is 10. The van der Waals surface area contributed by atoms with Crippen LogP contribution in [-0.2, 0) is 15.2 Å². The van der Waals surface area contributed by atoms with Crippen LogP contribution in [0.5, 0.6) is 0 Å². The number of nitrogens with zero attached hydrogens (tertiary/aromatic N) is 7. The van der Waals surface area contributed by atoms with Crippen LogP contribution in [-0.4, -0.2) is 106 Å². The highest BCUT2D eigenvalue weighted by atomic mass is 16.3. The molecule has 8 rings (SSSR count). The Morgan fingerprint density at radius 3 is 2.55 bits per heavy atom. The highest BCUT2D eigenvalue weighted by Crippen LogP contribution is 2.34. The molecule has 3 amide bonds. The van der Waals surface area contributed by atoms with Crippen LogP contribution in [0.25, 0.3) is 5.52 Å². The van der Waals surface area contributed by atoms with Gasteiger partial charge in [-0.25, -0.2) is 4.52 Å². The molecule has 0 unspecified atom stereocenters. The van der Waals surface area contributed by atoms with Crippen molar-refractivity contribution in [3.8, 4) is 6.07 Å². The molecule has 14 nitrogen and oxygen atoms in total. The number of nitrogens with two attached hydrogens (primary N) is 1. The maximum absolute atomic E-state index is 13.5. The summed E-state index contributed by atoms with van der Waals surface area (Å²) in [4.78, 5) is 50.1. The minimum atomic E-state index is -1.27. The largest absolute Gasteiger partial charge is 0.398 e. The first-order valence-corrected chi connectivity index (χ1v) is 20.5. The Bertz CT molecular complexity index is 2270. The van der Waals surface area contributed by atoms with E-state index >= 15 is 0 Å². The standard InChI is InChI=1S/C44H52N10O4/c1-44(2,58)37-21-38(46)31(20-39(37)49-43(57)40-12-10-35-18-28(22-45)23-48-54(35)40)24-47-32-6-8-33(9-7-32)52-16-14-51(15-17-52)25-29-26-53(27-29)34-5-3-4-30(19-34)36-11-13-41(55)50-42(36)56/h3-5,10,12,18-21,23-24,29,32-33,36,58H,6-9,11,13-17,25-27,46H2,1-2H3,(H,49,57)(H,50,55,56)/t32?,33?,36-/m1/s1. The Morgan fingerprint density at radius 1 is 1.05 bits per heavy atom. The second-order valence-electron chi connectivity index (χ2n) is 16.9. The van der Waals surface area contributed by atoms with Gasteiger partial charge in [-0.1, -0.05) is 12.1 Å². The highest BCUT2D eigenvalue weighted by Gasteiger charge is 2.34. The number of imide groups is 1. The van der Waals surface area contributed by atoms with E-state index in [1.165, 1.54) is 10.7 Å². The zero-order valence-electron chi connectivity index (χ0n) is 33.2. The molecule has 1 atom stereocenters. The summed E-state index contributed by atoms with van der Waals surface area (Å²) in [6.07, 6.45) is 8.37. The van der Waals surface area contributed by atoms with Gasteiger partial charge < -0.3 is 26.0 Å². The number of aliphatic hydroxyl groups is 1. The summed E-state index contributed by atoms with van der Waals surface area (Å²) in [7, 11) is 0. The summed E-state index contributed by atoms with van der Waals surface area (Å²) in [5.74, 6) is -0.406. The first kappa shape index (κ1) is 39.2. The molecule has 0 radical (unpaired) electrons. The van der Waals surface area contributed by atoms with Crippen molar-refractivity contribution in [2.75, 3.05) is 61.8 Å². The first-order chi connectivity index (χ1) is 27.9. The minimum Gasteiger partial charge on any atom is -0.398 e. The van der Waals surface area contributed by atoms with Crippen LogP contribution < -0.4 is 21.3 Å². The Balaban J connectivity index is 0.807. The number of anilines is 3. The minimum absolute atomic E-state index is 0.183. The fourth-order valence-electron chi connectivity index (χ4n) is 9.05. The lowest BCUT2D eigenvalue weighted by atomic mass is 9.89. The molecule has 0 spiro atoms. The number of hydrogen-bond acceptors (Lipinski definition) is 11. The lowest BCUT2D eigenvalue weighted by Crippen LogP contribution is -2.56. The molecular weight excluding hydrogens is 733 g/mol. The van der Waals surface area contributed by atoms with E-state index in [0.29, 0.717) is 64.1 Å². The molecule has 4 aromatic rings. The molecule has 4 aliphatic rings. The number of piperidine rings is 1. The van der Waals surface area contributed by atoms with Crippen molar-refractivity contribution in [3.05, 3.63) is 88.7 Å². The Hall–Kier alpha value is -5.62. The SMILES string of the molecule is CC(C)(O)c1cc(N)c(C=NC2CCC(N3CCN(CC4CN(c5cccc([C@H]6CCC(=O)NC6=O)c5)C4)CC3)CC2)cc1NC(=O)c1ccc2cc(C#N)cnn12. The van der Waals surface area contributed by atoms with Gasteiger partial charge in [0, 0.05) is 98.6 Å². The van der Waals surface area contributed by atoms with Crippen LogP contribution >= 0.6 is 0 Å². The zero-order valence-corrected chi connectivity index (χ0v) is 33.2. The molecule has 5 heterocycles. The quantitative estimate of drug-likeness (QED) is 0.103. The summed E-state index contributed by atoms with van der Waals surface area (Å²) in [5, 5.41) is 29.9. The highest BCUT2D eigenvalue weighted by molar-refractivity contribution is 6.05. The van der Waals surface area contributed by atoms with Gasteiger partial charge in [0.1, 0.15) is 11.8 Å². The average Bonchev–Trinajstić information content (AvgIpc) is 3.63. The number of fused-ring (bicyclic) bond motifs is 1. The van der Waals surface area contributed by atoms with Gasteiger partial charge >= 0.3 is 0 Å². The van der Waals surface area contributed by atoms with Crippen LogP contribution in [0.4, 0.5) is 17.1 Å². The molecule has 2 aromatic heterocycles. The van der Waals surface area contributed by atoms with Gasteiger partial charge in [-0.2, -0.15) is 10.4 Å². The fourth-order valence-corrected chi connectivity index (χ4v) is 9.05. The number of benzene rings is 2. The molecule has 1 saturated carbocycles. The lowest BCUT2D eigenvalue weighted by molar-refractivity contribution is -0.134. The number of nitrogens with one attached hydrogen (secondary N) is 2. The number of carbonyl (C=O) groups is 3. The van der Waals surface area contributed by atoms with E-state index in [0.717, 1.165) is 82.7 Å². The third-order valence-electron chi connectivity index (χ3n) is 12.4. The summed E-state index contributed by atoms with van der Waals surface area (Å²) in [5.41, 5.74) is 10.7. The van der Waals surface area contributed by atoms with Gasteiger partial charge in [-0.15, -0.1) is 0 Å². The van der Waals surface area contributed by atoms with Crippen LogP contribution in [0.1, 0.15) is 91.0 Å². The summed E-state index contributed by atoms with van der Waals surface area (Å²) < 4.78 is 1.48. The molecule has 5 N–H and O–H groups in total. The van der Waals surface area contributed by atoms with Gasteiger partial charge in [0.2, 0.25) is 11.8 Å². The number of amides is 3. The Morgan fingerprint density at radius 2 is 1.83 bits per heavy atom.